The number of aryl methyl sites for hydroxylation is 1. The Bertz CT molecular complexity index is 819. The number of anilines is 2. The van der Waals surface area contributed by atoms with Gasteiger partial charge in [0.05, 0.1) is 12.5 Å². The van der Waals surface area contributed by atoms with Crippen LogP contribution in [0.4, 0.5) is 11.8 Å². The van der Waals surface area contributed by atoms with Crippen LogP contribution in [0.1, 0.15) is 23.2 Å². The van der Waals surface area contributed by atoms with Crippen LogP contribution in [0, 0.1) is 6.92 Å². The van der Waals surface area contributed by atoms with Gasteiger partial charge in [-0.05, 0) is 25.3 Å². The molecule has 1 aliphatic rings. The molecule has 1 amide bonds. The summed E-state index contributed by atoms with van der Waals surface area (Å²) in [5.74, 6) is 1.43. The second-order valence-electron chi connectivity index (χ2n) is 6.00. The van der Waals surface area contributed by atoms with Crippen LogP contribution in [0.5, 0.6) is 5.88 Å². The number of carbonyl (C=O) groups excluding carboxylic acids is 1. The van der Waals surface area contributed by atoms with E-state index in [1.165, 1.54) is 0 Å². The molecule has 25 heavy (non-hydrogen) atoms. The number of nitrogens with one attached hydrogen (secondary N) is 2. The summed E-state index contributed by atoms with van der Waals surface area (Å²) in [7, 11) is 3.31. The van der Waals surface area contributed by atoms with Gasteiger partial charge in [-0.2, -0.15) is 4.98 Å². The van der Waals surface area contributed by atoms with Crippen molar-refractivity contribution >= 4 is 17.7 Å². The lowest BCUT2D eigenvalue weighted by Crippen LogP contribution is -2.46. The van der Waals surface area contributed by atoms with E-state index in [2.05, 4.69) is 32.2 Å². The molecule has 7 heteroatoms. The van der Waals surface area contributed by atoms with Crippen molar-refractivity contribution in [3.05, 3.63) is 47.8 Å². The summed E-state index contributed by atoms with van der Waals surface area (Å²) < 4.78 is 5.12. The van der Waals surface area contributed by atoms with Gasteiger partial charge in [0.25, 0.3) is 0 Å². The van der Waals surface area contributed by atoms with Crippen LogP contribution >= 0.6 is 0 Å². The van der Waals surface area contributed by atoms with E-state index >= 15 is 0 Å². The number of nitrogens with zero attached hydrogens (tertiary/aromatic N) is 3. The van der Waals surface area contributed by atoms with Gasteiger partial charge in [0.2, 0.25) is 17.7 Å². The maximum Gasteiger partial charge on any atom is 0.236 e. The minimum Gasteiger partial charge on any atom is -0.481 e. The molecule has 0 bridgehead atoms. The van der Waals surface area contributed by atoms with Gasteiger partial charge in [-0.3, -0.25) is 4.79 Å². The molecule has 1 aliphatic heterocycles. The predicted octanol–water partition coefficient (Wildman–Crippen LogP) is 2.24. The number of amides is 1. The van der Waals surface area contributed by atoms with Gasteiger partial charge in [-0.1, -0.05) is 12.1 Å². The Hall–Kier alpha value is -2.96. The highest BCUT2D eigenvalue weighted by atomic mass is 16.5. The molecule has 3 rings (SSSR count). The molecular formula is C18H21N5O2. The Morgan fingerprint density at radius 2 is 2.24 bits per heavy atom. The van der Waals surface area contributed by atoms with Crippen LogP contribution in [-0.4, -0.2) is 35.0 Å². The number of rotatable bonds is 5. The third-order valence-corrected chi connectivity index (χ3v) is 4.57. The third-order valence-electron chi connectivity index (χ3n) is 4.57. The molecule has 0 aromatic carbocycles. The smallest absolute Gasteiger partial charge is 0.236 e. The Labute approximate surface area is 146 Å². The number of methoxy groups -OCH3 is 1. The highest BCUT2D eigenvalue weighted by molar-refractivity contribution is 6.01. The Balaban J connectivity index is 2.11. The largest absolute Gasteiger partial charge is 0.481 e. The molecule has 2 aromatic heterocycles. The molecule has 0 saturated heterocycles. The molecule has 2 aromatic rings. The molecule has 1 atom stereocenters. The van der Waals surface area contributed by atoms with Crippen molar-refractivity contribution < 1.29 is 9.53 Å². The fourth-order valence-electron chi connectivity index (χ4n) is 3.18. The summed E-state index contributed by atoms with van der Waals surface area (Å²) in [6.45, 7) is 5.75. The molecule has 130 valence electrons. The average molecular weight is 339 g/mol. The Morgan fingerprint density at radius 1 is 1.44 bits per heavy atom. The van der Waals surface area contributed by atoms with Gasteiger partial charge in [-0.25, -0.2) is 9.97 Å². The fourth-order valence-corrected chi connectivity index (χ4v) is 3.18. The van der Waals surface area contributed by atoms with Crippen molar-refractivity contribution in [2.45, 2.75) is 25.2 Å². The van der Waals surface area contributed by atoms with Crippen LogP contribution in [0.25, 0.3) is 0 Å². The Morgan fingerprint density at radius 3 is 2.84 bits per heavy atom. The summed E-state index contributed by atoms with van der Waals surface area (Å²) in [5.41, 5.74) is 1.79. The fraction of sp³-hybridized carbons (Fsp3) is 0.333. The second kappa shape index (κ2) is 6.51. The summed E-state index contributed by atoms with van der Waals surface area (Å²) >= 11 is 0. The zero-order chi connectivity index (χ0) is 18.0. The van der Waals surface area contributed by atoms with Crippen LogP contribution < -0.4 is 15.4 Å². The summed E-state index contributed by atoms with van der Waals surface area (Å²) in [6.07, 6.45) is 4.42. The number of hydrogen-bond donors (Lipinski definition) is 2. The summed E-state index contributed by atoms with van der Waals surface area (Å²) in [5, 5.41) is 5.85. The average Bonchev–Trinajstić information content (AvgIpc) is 2.63. The van der Waals surface area contributed by atoms with E-state index in [0.29, 0.717) is 30.5 Å². The third kappa shape index (κ3) is 2.82. The van der Waals surface area contributed by atoms with E-state index in [9.17, 15) is 4.79 Å². The van der Waals surface area contributed by atoms with Crippen molar-refractivity contribution in [2.24, 2.45) is 0 Å². The summed E-state index contributed by atoms with van der Waals surface area (Å²) in [4.78, 5) is 26.1. The lowest BCUT2D eigenvalue weighted by Gasteiger charge is -2.36. The molecule has 1 unspecified atom stereocenters. The number of aromatic nitrogens is 3. The van der Waals surface area contributed by atoms with Crippen LogP contribution in [0.2, 0.25) is 0 Å². The SMILES string of the molecule is C=CCC1(c2ccc(OC)nc2)Cc2c(C)nc(NC)nc2NC1=O. The number of hydrogen-bond acceptors (Lipinski definition) is 6. The number of carbonyl (C=O) groups is 1. The van der Waals surface area contributed by atoms with E-state index in [0.717, 1.165) is 16.8 Å². The standard InChI is InChI=1S/C18H21N5O2/c1-5-8-18(12-6-7-14(25-4)20-10-12)9-13-11(2)21-17(19-3)23-15(13)22-16(18)24/h5-7,10H,1,8-9H2,2-4H3,(H2,19,21,22,23,24). The van der Waals surface area contributed by atoms with Gasteiger partial charge in [0, 0.05) is 30.6 Å². The van der Waals surface area contributed by atoms with E-state index in [1.54, 1.807) is 32.5 Å². The minimum absolute atomic E-state index is 0.119. The lowest BCUT2D eigenvalue weighted by atomic mass is 9.71. The molecule has 7 nitrogen and oxygen atoms in total. The number of pyridine rings is 1. The van der Waals surface area contributed by atoms with Crippen molar-refractivity contribution in [1.82, 2.24) is 15.0 Å². The second-order valence-corrected chi connectivity index (χ2v) is 6.00. The quantitative estimate of drug-likeness (QED) is 0.812. The Kier molecular flexibility index (Phi) is 4.39. The van der Waals surface area contributed by atoms with Gasteiger partial charge < -0.3 is 15.4 Å². The maximum absolute atomic E-state index is 13.0. The first-order valence-electron chi connectivity index (χ1n) is 8.02. The number of ether oxygens (including phenoxy) is 1. The van der Waals surface area contributed by atoms with Gasteiger partial charge in [-0.15, -0.1) is 6.58 Å². The first-order chi connectivity index (χ1) is 12.0. The molecule has 0 aliphatic carbocycles. The monoisotopic (exact) mass is 339 g/mol. The van der Waals surface area contributed by atoms with E-state index in [1.807, 2.05) is 13.0 Å². The van der Waals surface area contributed by atoms with Crippen molar-refractivity contribution in [3.8, 4) is 5.88 Å². The first-order valence-corrected chi connectivity index (χ1v) is 8.02. The molecule has 0 fully saturated rings. The lowest BCUT2D eigenvalue weighted by molar-refractivity contribution is -0.122. The minimum atomic E-state index is -0.788. The normalized spacial score (nSPS) is 18.9. The van der Waals surface area contributed by atoms with Crippen LogP contribution in [0.3, 0.4) is 0 Å². The van der Waals surface area contributed by atoms with Gasteiger partial charge in [0.15, 0.2) is 0 Å². The molecule has 0 spiro atoms. The molecular weight excluding hydrogens is 318 g/mol. The highest BCUT2D eigenvalue weighted by Gasteiger charge is 2.44. The van der Waals surface area contributed by atoms with Gasteiger partial charge in [0.1, 0.15) is 5.82 Å². The van der Waals surface area contributed by atoms with E-state index in [-0.39, 0.29) is 5.91 Å². The predicted molar refractivity (Wildman–Crippen MR) is 95.9 cm³/mol. The number of fused-ring (bicyclic) bond motifs is 1. The first kappa shape index (κ1) is 16.9. The molecule has 0 saturated carbocycles. The van der Waals surface area contributed by atoms with Crippen molar-refractivity contribution in [2.75, 3.05) is 24.8 Å². The van der Waals surface area contributed by atoms with E-state index in [4.69, 9.17) is 4.74 Å². The van der Waals surface area contributed by atoms with Gasteiger partial charge >= 0.3 is 0 Å². The van der Waals surface area contributed by atoms with Crippen LogP contribution in [0.15, 0.2) is 31.0 Å². The van der Waals surface area contributed by atoms with Crippen LogP contribution in [-0.2, 0) is 16.6 Å². The molecule has 3 heterocycles. The molecule has 2 N–H and O–H groups in total. The van der Waals surface area contributed by atoms with Crippen molar-refractivity contribution in [1.29, 1.82) is 0 Å². The maximum atomic E-state index is 13.0. The number of allylic oxidation sites excluding steroid dienone is 1. The topological polar surface area (TPSA) is 89.0 Å². The molecule has 0 radical (unpaired) electrons. The zero-order valence-corrected chi connectivity index (χ0v) is 14.6. The summed E-state index contributed by atoms with van der Waals surface area (Å²) in [6, 6.07) is 3.63. The van der Waals surface area contributed by atoms with Crippen molar-refractivity contribution in [3.63, 3.8) is 0 Å². The van der Waals surface area contributed by atoms with E-state index < -0.39 is 5.41 Å². The highest BCUT2D eigenvalue weighted by Crippen LogP contribution is 2.40. The zero-order valence-electron chi connectivity index (χ0n) is 14.6.